The van der Waals surface area contributed by atoms with Gasteiger partial charge in [-0.15, -0.1) is 0 Å². The van der Waals surface area contributed by atoms with Gasteiger partial charge in [-0.1, -0.05) is 27.7 Å². The van der Waals surface area contributed by atoms with Crippen LogP contribution in [0, 0.1) is 52.3 Å². The molecule has 3 nitrogen and oxygen atoms in total. The Morgan fingerprint density at radius 1 is 0.914 bits per heavy atom. The summed E-state index contributed by atoms with van der Waals surface area (Å²) in [6, 6.07) is 0. The van der Waals surface area contributed by atoms with Crippen LogP contribution in [0.2, 0.25) is 0 Å². The standard InChI is InChI=1S/C32H56O3/c1-6-32(34)18-17-29(3)24(21-32)7-8-25-27-10-9-26(30(27,4)15-12-28(25)29)22(2)11-16-31(5,33)23-13-19-35-20-14-23/h22-28,33-34H,6-21H2,1-5H3/t22-,24-,25+,26-,27+,28+,29+,30-,31-,32+/m1/s1. The van der Waals surface area contributed by atoms with Gasteiger partial charge < -0.3 is 14.9 Å². The van der Waals surface area contributed by atoms with Crippen LogP contribution in [0.15, 0.2) is 0 Å². The van der Waals surface area contributed by atoms with Crippen LogP contribution in [-0.4, -0.2) is 34.6 Å². The second-order valence-corrected chi connectivity index (χ2v) is 14.9. The Bertz CT molecular complexity index is 743. The Morgan fingerprint density at radius 3 is 2.34 bits per heavy atom. The van der Waals surface area contributed by atoms with Crippen molar-refractivity contribution in [2.24, 2.45) is 52.3 Å². The molecule has 202 valence electrons. The van der Waals surface area contributed by atoms with Gasteiger partial charge in [-0.2, -0.15) is 0 Å². The third kappa shape index (κ3) is 4.56. The lowest BCUT2D eigenvalue weighted by molar-refractivity contribution is -0.153. The first-order chi connectivity index (χ1) is 16.5. The van der Waals surface area contributed by atoms with Crippen molar-refractivity contribution in [3.8, 4) is 0 Å². The SMILES string of the molecule is CC[C@]1(O)CC[C@@]2(C)[C@H](CC[C@@H]3[C@@H]2CC[C@]2(C)[C@@H]([C@H](C)CC[C@@](C)(O)C4CCOCC4)CC[C@@H]32)C1. The summed E-state index contributed by atoms with van der Waals surface area (Å²) < 4.78 is 5.55. The van der Waals surface area contributed by atoms with Gasteiger partial charge in [0.15, 0.2) is 0 Å². The highest BCUT2D eigenvalue weighted by Gasteiger charge is 2.61. The van der Waals surface area contributed by atoms with Crippen molar-refractivity contribution in [1.29, 1.82) is 0 Å². The van der Waals surface area contributed by atoms with E-state index >= 15 is 0 Å². The van der Waals surface area contributed by atoms with Gasteiger partial charge in [-0.05, 0) is 149 Å². The van der Waals surface area contributed by atoms with Gasteiger partial charge in [0.25, 0.3) is 0 Å². The minimum Gasteiger partial charge on any atom is -0.390 e. The van der Waals surface area contributed by atoms with Gasteiger partial charge in [0.2, 0.25) is 0 Å². The highest BCUT2D eigenvalue weighted by molar-refractivity contribution is 5.11. The normalized spacial score (nSPS) is 48.9. The lowest BCUT2D eigenvalue weighted by Crippen LogP contribution is -2.56. The minimum absolute atomic E-state index is 0.389. The summed E-state index contributed by atoms with van der Waals surface area (Å²) in [7, 11) is 0. The maximum atomic E-state index is 11.3. The van der Waals surface area contributed by atoms with Gasteiger partial charge in [-0.3, -0.25) is 0 Å². The molecule has 2 N–H and O–H groups in total. The monoisotopic (exact) mass is 488 g/mol. The first-order valence-electron chi connectivity index (χ1n) is 15.5. The predicted molar refractivity (Wildman–Crippen MR) is 143 cm³/mol. The Kier molecular flexibility index (Phi) is 7.24. The fourth-order valence-corrected chi connectivity index (χ4v) is 10.9. The largest absolute Gasteiger partial charge is 0.390 e. The molecule has 10 atom stereocenters. The fourth-order valence-electron chi connectivity index (χ4n) is 10.9. The molecule has 4 saturated carbocycles. The molecule has 0 radical (unpaired) electrons. The van der Waals surface area contributed by atoms with Crippen LogP contribution in [0.25, 0.3) is 0 Å². The minimum atomic E-state index is -0.539. The first-order valence-corrected chi connectivity index (χ1v) is 15.5. The zero-order valence-electron chi connectivity index (χ0n) is 23.7. The second kappa shape index (κ2) is 9.57. The summed E-state index contributed by atoms with van der Waals surface area (Å²) in [6.07, 6.45) is 16.8. The van der Waals surface area contributed by atoms with Gasteiger partial charge in [0.05, 0.1) is 11.2 Å². The quantitative estimate of drug-likeness (QED) is 0.410. The van der Waals surface area contributed by atoms with Gasteiger partial charge in [0, 0.05) is 13.2 Å². The van der Waals surface area contributed by atoms with E-state index in [2.05, 4.69) is 34.6 Å². The van der Waals surface area contributed by atoms with Crippen molar-refractivity contribution >= 4 is 0 Å². The molecule has 3 heteroatoms. The van der Waals surface area contributed by atoms with Crippen LogP contribution in [0.3, 0.4) is 0 Å². The molecule has 5 aliphatic rings. The van der Waals surface area contributed by atoms with Crippen LogP contribution in [0.4, 0.5) is 0 Å². The number of aliphatic hydroxyl groups is 2. The molecule has 5 rings (SSSR count). The summed E-state index contributed by atoms with van der Waals surface area (Å²) >= 11 is 0. The lowest BCUT2D eigenvalue weighted by atomic mass is 9.43. The molecule has 1 heterocycles. The van der Waals surface area contributed by atoms with Crippen molar-refractivity contribution in [2.45, 2.75) is 136 Å². The van der Waals surface area contributed by atoms with E-state index in [1.54, 1.807) is 0 Å². The Labute approximate surface area is 216 Å². The van der Waals surface area contributed by atoms with Crippen molar-refractivity contribution in [2.75, 3.05) is 13.2 Å². The molecule has 0 aromatic heterocycles. The zero-order chi connectivity index (χ0) is 25.1. The predicted octanol–water partition coefficient (Wildman–Crippen LogP) is 7.38. The van der Waals surface area contributed by atoms with Crippen molar-refractivity contribution < 1.29 is 14.9 Å². The number of hydrogen-bond donors (Lipinski definition) is 2. The number of hydrogen-bond acceptors (Lipinski definition) is 3. The van der Waals surface area contributed by atoms with E-state index in [-0.39, 0.29) is 5.60 Å². The van der Waals surface area contributed by atoms with E-state index in [1.807, 2.05) is 0 Å². The molecule has 4 aliphatic carbocycles. The molecule has 0 aromatic rings. The lowest BCUT2D eigenvalue weighted by Gasteiger charge is -2.62. The van der Waals surface area contributed by atoms with Gasteiger partial charge in [-0.25, -0.2) is 0 Å². The first kappa shape index (κ1) is 26.5. The summed E-state index contributed by atoms with van der Waals surface area (Å²) in [5, 5.41) is 22.4. The molecule has 5 fully saturated rings. The van der Waals surface area contributed by atoms with Crippen molar-refractivity contribution in [3.05, 3.63) is 0 Å². The molecule has 0 spiro atoms. The number of ether oxygens (including phenoxy) is 1. The van der Waals surface area contributed by atoms with Crippen LogP contribution in [0.1, 0.15) is 125 Å². The van der Waals surface area contributed by atoms with Crippen LogP contribution in [0.5, 0.6) is 0 Å². The molecule has 0 bridgehead atoms. The van der Waals surface area contributed by atoms with E-state index in [4.69, 9.17) is 4.74 Å². The Hall–Kier alpha value is -0.120. The maximum Gasteiger partial charge on any atom is 0.0649 e. The molecule has 1 aliphatic heterocycles. The summed E-state index contributed by atoms with van der Waals surface area (Å²) in [5.41, 5.74) is 0.0216. The third-order valence-electron chi connectivity index (χ3n) is 13.4. The highest BCUT2D eigenvalue weighted by Crippen LogP contribution is 2.69. The van der Waals surface area contributed by atoms with Crippen LogP contribution < -0.4 is 0 Å². The zero-order valence-corrected chi connectivity index (χ0v) is 23.7. The van der Waals surface area contributed by atoms with Gasteiger partial charge in [0.1, 0.15) is 0 Å². The van der Waals surface area contributed by atoms with Crippen LogP contribution in [-0.2, 0) is 4.74 Å². The smallest absolute Gasteiger partial charge is 0.0649 e. The average Bonchev–Trinajstić information content (AvgIpc) is 3.21. The van der Waals surface area contributed by atoms with E-state index < -0.39 is 5.60 Å². The van der Waals surface area contributed by atoms with E-state index in [9.17, 15) is 10.2 Å². The molecule has 0 aromatic carbocycles. The topological polar surface area (TPSA) is 49.7 Å². The number of rotatable bonds is 6. The molecular formula is C32H56O3. The Morgan fingerprint density at radius 2 is 1.63 bits per heavy atom. The van der Waals surface area contributed by atoms with E-state index in [1.165, 1.54) is 51.4 Å². The van der Waals surface area contributed by atoms with Crippen LogP contribution >= 0.6 is 0 Å². The fraction of sp³-hybridized carbons (Fsp3) is 1.00. The number of fused-ring (bicyclic) bond motifs is 5. The summed E-state index contributed by atoms with van der Waals surface area (Å²) in [6.45, 7) is 13.7. The molecular weight excluding hydrogens is 432 g/mol. The maximum absolute atomic E-state index is 11.3. The molecule has 0 amide bonds. The third-order valence-corrected chi connectivity index (χ3v) is 13.4. The van der Waals surface area contributed by atoms with Crippen molar-refractivity contribution in [1.82, 2.24) is 0 Å². The summed E-state index contributed by atoms with van der Waals surface area (Å²) in [4.78, 5) is 0. The Balaban J connectivity index is 1.24. The van der Waals surface area contributed by atoms with Gasteiger partial charge >= 0.3 is 0 Å². The molecule has 0 unspecified atom stereocenters. The average molecular weight is 489 g/mol. The molecule has 35 heavy (non-hydrogen) atoms. The van der Waals surface area contributed by atoms with E-state index in [0.29, 0.717) is 22.7 Å². The second-order valence-electron chi connectivity index (χ2n) is 14.9. The molecule has 1 saturated heterocycles. The summed E-state index contributed by atoms with van der Waals surface area (Å²) in [5.74, 6) is 5.34. The highest BCUT2D eigenvalue weighted by atomic mass is 16.5. The van der Waals surface area contributed by atoms with Crippen molar-refractivity contribution in [3.63, 3.8) is 0 Å². The van der Waals surface area contributed by atoms with E-state index in [0.717, 1.165) is 81.3 Å².